The van der Waals surface area contributed by atoms with Gasteiger partial charge in [0.1, 0.15) is 5.82 Å². The fraction of sp³-hybridized carbons (Fsp3) is 0.571. The Morgan fingerprint density at radius 1 is 1.19 bits per heavy atom. The lowest BCUT2D eigenvalue weighted by Gasteiger charge is -2.36. The van der Waals surface area contributed by atoms with E-state index in [9.17, 15) is 17.6 Å². The molecule has 2 unspecified atom stereocenters. The Morgan fingerprint density at radius 3 is 2.29 bits per heavy atom. The molecule has 0 saturated carbocycles. The lowest BCUT2D eigenvalue weighted by Crippen LogP contribution is -2.53. The van der Waals surface area contributed by atoms with Gasteiger partial charge >= 0.3 is 6.18 Å². The number of hydrogen-bond acceptors (Lipinski definition) is 2. The second-order valence-corrected chi connectivity index (χ2v) is 5.46. The zero-order valence-electron chi connectivity index (χ0n) is 11.9. The molecule has 1 N–H and O–H groups in total. The van der Waals surface area contributed by atoms with Crippen LogP contribution in [-0.2, 0) is 12.7 Å². The molecule has 1 aliphatic heterocycles. The first-order valence-corrected chi connectivity index (χ1v) is 6.59. The van der Waals surface area contributed by atoms with Crippen molar-refractivity contribution in [2.24, 2.45) is 0 Å². The second kappa shape index (κ2) is 6.94. The number of nitrogens with zero attached hydrogens (tertiary/aromatic N) is 1. The fourth-order valence-corrected chi connectivity index (χ4v) is 2.76. The summed E-state index contributed by atoms with van der Waals surface area (Å²) in [5.41, 5.74) is -0.753. The molecular weight excluding hydrogens is 308 g/mol. The van der Waals surface area contributed by atoms with Crippen LogP contribution in [0.5, 0.6) is 0 Å². The summed E-state index contributed by atoms with van der Waals surface area (Å²) in [5.74, 6) is -0.858. The minimum atomic E-state index is -4.53. The Morgan fingerprint density at radius 2 is 1.76 bits per heavy atom. The van der Waals surface area contributed by atoms with Crippen molar-refractivity contribution in [2.75, 3.05) is 13.1 Å². The molecule has 0 bridgehead atoms. The zero-order chi connectivity index (χ0) is 14.9. The Hall–Kier alpha value is -0.850. The predicted molar refractivity (Wildman–Crippen MR) is 76.0 cm³/mol. The van der Waals surface area contributed by atoms with Crippen LogP contribution in [0.15, 0.2) is 18.2 Å². The van der Waals surface area contributed by atoms with Crippen molar-refractivity contribution < 1.29 is 17.6 Å². The highest BCUT2D eigenvalue weighted by molar-refractivity contribution is 5.85. The highest BCUT2D eigenvalue weighted by Crippen LogP contribution is 2.33. The smallest absolute Gasteiger partial charge is 0.309 e. The monoisotopic (exact) mass is 326 g/mol. The fourth-order valence-electron chi connectivity index (χ4n) is 2.76. The summed E-state index contributed by atoms with van der Waals surface area (Å²) in [5, 5.41) is 3.33. The van der Waals surface area contributed by atoms with Gasteiger partial charge in [0.05, 0.1) is 5.56 Å². The number of rotatable bonds is 2. The molecular formula is C14H19ClF4N2. The van der Waals surface area contributed by atoms with Crippen LogP contribution in [0.25, 0.3) is 0 Å². The van der Waals surface area contributed by atoms with Gasteiger partial charge in [-0.05, 0) is 31.5 Å². The minimum Gasteiger partial charge on any atom is -0.309 e. The van der Waals surface area contributed by atoms with Crippen molar-refractivity contribution in [3.63, 3.8) is 0 Å². The van der Waals surface area contributed by atoms with E-state index in [0.717, 1.165) is 6.07 Å². The summed E-state index contributed by atoms with van der Waals surface area (Å²) >= 11 is 0. The Kier molecular flexibility index (Phi) is 6.01. The van der Waals surface area contributed by atoms with Crippen molar-refractivity contribution in [1.82, 2.24) is 10.2 Å². The average molecular weight is 327 g/mol. The van der Waals surface area contributed by atoms with Gasteiger partial charge in [0, 0.05) is 31.7 Å². The van der Waals surface area contributed by atoms with E-state index in [1.165, 1.54) is 6.07 Å². The number of hydrogen-bond donors (Lipinski definition) is 1. The molecule has 7 heteroatoms. The Balaban J connectivity index is 0.00000220. The normalized spacial score (nSPS) is 23.7. The van der Waals surface area contributed by atoms with Gasteiger partial charge in [-0.25, -0.2) is 4.39 Å². The van der Waals surface area contributed by atoms with Crippen molar-refractivity contribution in [1.29, 1.82) is 0 Å². The third-order valence-electron chi connectivity index (χ3n) is 3.40. The molecule has 2 rings (SSSR count). The lowest BCUT2D eigenvalue weighted by molar-refractivity contribution is -0.138. The van der Waals surface area contributed by atoms with E-state index in [1.54, 1.807) is 0 Å². The van der Waals surface area contributed by atoms with Gasteiger partial charge in [0.2, 0.25) is 0 Å². The Bertz CT molecular complexity index is 469. The van der Waals surface area contributed by atoms with E-state index in [-0.39, 0.29) is 36.6 Å². The first-order chi connectivity index (χ1) is 9.25. The van der Waals surface area contributed by atoms with E-state index in [0.29, 0.717) is 19.2 Å². The van der Waals surface area contributed by atoms with Gasteiger partial charge in [-0.15, -0.1) is 12.4 Å². The van der Waals surface area contributed by atoms with Crippen LogP contribution in [0.2, 0.25) is 0 Å². The molecule has 0 aromatic heterocycles. The maximum atomic E-state index is 13.1. The highest BCUT2D eigenvalue weighted by Gasteiger charge is 2.34. The highest BCUT2D eigenvalue weighted by atomic mass is 35.5. The van der Waals surface area contributed by atoms with Crippen LogP contribution < -0.4 is 5.32 Å². The molecule has 1 heterocycles. The topological polar surface area (TPSA) is 15.3 Å². The first kappa shape index (κ1) is 18.2. The van der Waals surface area contributed by atoms with E-state index >= 15 is 0 Å². The molecule has 0 spiro atoms. The van der Waals surface area contributed by atoms with Gasteiger partial charge in [-0.1, -0.05) is 6.07 Å². The zero-order valence-corrected chi connectivity index (χ0v) is 12.7. The molecule has 0 amide bonds. The van der Waals surface area contributed by atoms with Gasteiger partial charge in [-0.3, -0.25) is 4.90 Å². The third kappa shape index (κ3) is 4.83. The summed E-state index contributed by atoms with van der Waals surface area (Å²) in [6.45, 7) is 5.54. The summed E-state index contributed by atoms with van der Waals surface area (Å²) in [6.07, 6.45) is -4.53. The number of benzene rings is 1. The summed E-state index contributed by atoms with van der Waals surface area (Å²) in [7, 11) is 0. The van der Waals surface area contributed by atoms with Crippen LogP contribution in [0.3, 0.4) is 0 Å². The van der Waals surface area contributed by atoms with Crippen LogP contribution in [0, 0.1) is 5.82 Å². The summed E-state index contributed by atoms with van der Waals surface area (Å²) < 4.78 is 51.9. The van der Waals surface area contributed by atoms with Gasteiger partial charge in [0.15, 0.2) is 0 Å². The largest absolute Gasteiger partial charge is 0.416 e. The predicted octanol–water partition coefficient (Wildman–Crippen LogP) is 3.45. The van der Waals surface area contributed by atoms with E-state index in [2.05, 4.69) is 5.32 Å². The minimum absolute atomic E-state index is 0. The molecule has 1 aliphatic rings. The lowest BCUT2D eigenvalue weighted by atomic mass is 10.0. The SMILES string of the molecule is CC1CN(Cc2ccc(F)cc2C(F)(F)F)CC(C)N1.Cl. The van der Waals surface area contributed by atoms with Crippen LogP contribution in [-0.4, -0.2) is 30.1 Å². The summed E-state index contributed by atoms with van der Waals surface area (Å²) in [4.78, 5) is 1.97. The van der Waals surface area contributed by atoms with E-state index < -0.39 is 17.6 Å². The molecule has 1 aromatic carbocycles. The Labute approximate surface area is 127 Å². The van der Waals surface area contributed by atoms with Crippen LogP contribution in [0.1, 0.15) is 25.0 Å². The number of alkyl halides is 3. The molecule has 0 radical (unpaired) electrons. The number of halogens is 5. The molecule has 120 valence electrons. The van der Waals surface area contributed by atoms with E-state index in [4.69, 9.17) is 0 Å². The quantitative estimate of drug-likeness (QED) is 0.837. The number of nitrogens with one attached hydrogen (secondary N) is 1. The third-order valence-corrected chi connectivity index (χ3v) is 3.40. The van der Waals surface area contributed by atoms with Gasteiger partial charge < -0.3 is 5.32 Å². The first-order valence-electron chi connectivity index (χ1n) is 6.59. The molecule has 0 aliphatic carbocycles. The average Bonchev–Trinajstić information content (AvgIpc) is 2.28. The number of piperazine rings is 1. The van der Waals surface area contributed by atoms with Crippen molar-refractivity contribution >= 4 is 12.4 Å². The van der Waals surface area contributed by atoms with Crippen LogP contribution in [0.4, 0.5) is 17.6 Å². The maximum Gasteiger partial charge on any atom is 0.416 e. The standard InChI is InChI=1S/C14H18F4N2.ClH/c1-9-6-20(7-10(2)19-9)8-11-3-4-12(15)5-13(11)14(16,17)18;/h3-5,9-10,19H,6-8H2,1-2H3;1H. The molecule has 21 heavy (non-hydrogen) atoms. The van der Waals surface area contributed by atoms with Crippen LogP contribution >= 0.6 is 12.4 Å². The molecule has 2 atom stereocenters. The van der Waals surface area contributed by atoms with Gasteiger partial charge in [-0.2, -0.15) is 13.2 Å². The van der Waals surface area contributed by atoms with Crippen molar-refractivity contribution in [2.45, 2.75) is 38.7 Å². The molecule has 1 aromatic rings. The van der Waals surface area contributed by atoms with Gasteiger partial charge in [0.25, 0.3) is 0 Å². The molecule has 2 nitrogen and oxygen atoms in total. The summed E-state index contributed by atoms with van der Waals surface area (Å²) in [6, 6.07) is 3.35. The van der Waals surface area contributed by atoms with Crippen molar-refractivity contribution in [3.8, 4) is 0 Å². The molecule has 1 saturated heterocycles. The molecule has 1 fully saturated rings. The van der Waals surface area contributed by atoms with E-state index in [1.807, 2.05) is 18.7 Å². The second-order valence-electron chi connectivity index (χ2n) is 5.46. The van der Waals surface area contributed by atoms with Crippen molar-refractivity contribution in [3.05, 3.63) is 35.1 Å². The maximum absolute atomic E-state index is 13.1.